The molecule has 1 aliphatic rings. The first-order valence-electron chi connectivity index (χ1n) is 12.6. The van der Waals surface area contributed by atoms with Gasteiger partial charge >= 0.3 is 12.1 Å². The summed E-state index contributed by atoms with van der Waals surface area (Å²) in [7, 11) is 0. The normalized spacial score (nSPS) is 15.3. The number of nitrogens with two attached hydrogens (primary N) is 1. The Kier molecular flexibility index (Phi) is 7.33. The Balaban J connectivity index is 1.70. The second-order valence-corrected chi connectivity index (χ2v) is 9.77. The molecule has 0 unspecified atom stereocenters. The van der Waals surface area contributed by atoms with Crippen molar-refractivity contribution in [1.29, 1.82) is 0 Å². The van der Waals surface area contributed by atoms with Crippen molar-refractivity contribution in [3.05, 3.63) is 81.9 Å². The molecule has 1 saturated heterocycles. The summed E-state index contributed by atoms with van der Waals surface area (Å²) in [5, 5.41) is 19.2. The van der Waals surface area contributed by atoms with Gasteiger partial charge in [-0.2, -0.15) is 10.0 Å². The molecule has 3 aromatic heterocycles. The smallest absolute Gasteiger partial charge is 0.417 e. The van der Waals surface area contributed by atoms with E-state index in [-0.39, 0.29) is 47.8 Å². The van der Waals surface area contributed by atoms with Crippen molar-refractivity contribution >= 4 is 28.9 Å². The molecule has 1 aromatic carbocycles. The zero-order valence-electron chi connectivity index (χ0n) is 21.4. The van der Waals surface area contributed by atoms with E-state index in [1.54, 1.807) is 0 Å². The van der Waals surface area contributed by atoms with Crippen molar-refractivity contribution in [2.24, 2.45) is 5.73 Å². The molecule has 12 nitrogen and oxygen atoms in total. The molecule has 1 fully saturated rings. The Bertz CT molecular complexity index is 1730. The standard InChI is InChI=1S/C26H24F3N7O5/c27-14-3-4-20(19(29)8-14)35-23-18(7-15(28)10-32-23)22(37)21(25(38)39)24(35)36(5-1-2-6-36)33-11-16(30)9-17-12-31-13-34(17)26(40)41/h3-4,7-8,10,12-13,16,33H,1-2,5-6,9,11,30H2,(H-,38,39,40,41)/p+1/t16-/m0/s1. The highest BCUT2D eigenvalue weighted by Gasteiger charge is 2.44. The van der Waals surface area contributed by atoms with Gasteiger partial charge in [0.15, 0.2) is 11.2 Å². The van der Waals surface area contributed by atoms with Crippen LogP contribution in [0.1, 0.15) is 28.9 Å². The SMILES string of the molecule is N[C@H](CN[N+]1(c2c(C(=O)O)c(=O)c3cc(F)cnc3n2-c2ccc(F)cc2F)CCCC1)Cc1cncn1C(=O)O. The highest BCUT2D eigenvalue weighted by molar-refractivity contribution is 5.98. The van der Waals surface area contributed by atoms with Gasteiger partial charge in [0.1, 0.15) is 36.9 Å². The van der Waals surface area contributed by atoms with E-state index in [1.807, 2.05) is 0 Å². The molecule has 214 valence electrons. The summed E-state index contributed by atoms with van der Waals surface area (Å²) >= 11 is 0. The molecule has 0 saturated carbocycles. The van der Waals surface area contributed by atoms with Gasteiger partial charge in [0.25, 0.3) is 5.82 Å². The number of aromatic carboxylic acids is 1. The molecule has 0 spiro atoms. The Morgan fingerprint density at radius 1 is 1.10 bits per heavy atom. The number of pyridine rings is 2. The van der Waals surface area contributed by atoms with Gasteiger partial charge in [-0.3, -0.25) is 4.79 Å². The number of benzene rings is 1. The van der Waals surface area contributed by atoms with Crippen molar-refractivity contribution in [3.8, 4) is 5.69 Å². The fourth-order valence-electron chi connectivity index (χ4n) is 5.31. The summed E-state index contributed by atoms with van der Waals surface area (Å²) in [6.07, 6.45) is 3.32. The number of fused-ring (bicyclic) bond motifs is 1. The number of aromatic nitrogens is 4. The van der Waals surface area contributed by atoms with Crippen LogP contribution >= 0.6 is 0 Å². The maximum absolute atomic E-state index is 15.3. The van der Waals surface area contributed by atoms with Crippen molar-refractivity contribution in [3.63, 3.8) is 0 Å². The first-order valence-corrected chi connectivity index (χ1v) is 12.6. The highest BCUT2D eigenvalue weighted by atomic mass is 19.1. The number of hydrogen-bond donors (Lipinski definition) is 4. The molecule has 15 heteroatoms. The van der Waals surface area contributed by atoms with Crippen molar-refractivity contribution in [1.82, 2.24) is 29.1 Å². The minimum Gasteiger partial charge on any atom is -0.477 e. The number of carboxylic acids is 1. The molecule has 4 aromatic rings. The van der Waals surface area contributed by atoms with E-state index in [4.69, 9.17) is 5.73 Å². The monoisotopic (exact) mass is 572 g/mol. The first kappa shape index (κ1) is 27.9. The van der Waals surface area contributed by atoms with Gasteiger partial charge in [-0.25, -0.2) is 41.9 Å². The number of halogens is 3. The molecule has 1 aliphatic heterocycles. The lowest BCUT2D eigenvalue weighted by Gasteiger charge is -2.36. The van der Waals surface area contributed by atoms with Gasteiger partial charge in [0, 0.05) is 37.6 Å². The van der Waals surface area contributed by atoms with Crippen LogP contribution < -0.4 is 21.2 Å². The van der Waals surface area contributed by atoms with E-state index in [1.165, 1.54) is 6.20 Å². The second-order valence-electron chi connectivity index (χ2n) is 9.77. The number of quaternary nitrogens is 1. The molecule has 5 rings (SSSR count). The topological polar surface area (TPSA) is 165 Å². The zero-order valence-corrected chi connectivity index (χ0v) is 21.4. The number of carbonyl (C=O) groups is 2. The van der Waals surface area contributed by atoms with Crippen molar-refractivity contribution < 1.29 is 33.0 Å². The number of nitrogens with zero attached hydrogens (tertiary/aromatic N) is 5. The lowest BCUT2D eigenvalue weighted by atomic mass is 10.1. The molecular formula is C26H25F3N7O5+. The Labute approximate surface area is 229 Å². The van der Waals surface area contributed by atoms with Crippen molar-refractivity contribution in [2.75, 3.05) is 19.6 Å². The van der Waals surface area contributed by atoms with Crippen molar-refractivity contribution in [2.45, 2.75) is 25.3 Å². The third-order valence-electron chi connectivity index (χ3n) is 7.10. The van der Waals surface area contributed by atoms with Gasteiger partial charge in [0.05, 0.1) is 29.5 Å². The Morgan fingerprint density at radius 3 is 2.49 bits per heavy atom. The number of imidazole rings is 1. The molecule has 0 amide bonds. The summed E-state index contributed by atoms with van der Waals surface area (Å²) in [6.45, 7) is 0.531. The van der Waals surface area contributed by atoms with Gasteiger partial charge < -0.3 is 15.9 Å². The van der Waals surface area contributed by atoms with Crippen LogP contribution in [0.5, 0.6) is 0 Å². The Hall–Kier alpha value is -4.60. The molecule has 1 atom stereocenters. The zero-order chi connectivity index (χ0) is 29.5. The third-order valence-corrected chi connectivity index (χ3v) is 7.10. The molecule has 4 heterocycles. The largest absolute Gasteiger partial charge is 0.477 e. The Morgan fingerprint density at radius 2 is 1.83 bits per heavy atom. The number of hydrogen-bond acceptors (Lipinski definition) is 7. The molecule has 0 radical (unpaired) electrons. The minimum absolute atomic E-state index is 0.0127. The number of nitrogens with one attached hydrogen (secondary N) is 1. The van der Waals surface area contributed by atoms with Crippen LogP contribution in [0, 0.1) is 17.5 Å². The first-order chi connectivity index (χ1) is 19.5. The molecule has 0 aliphatic carbocycles. The summed E-state index contributed by atoms with van der Waals surface area (Å²) in [5.41, 5.74) is 7.61. The summed E-state index contributed by atoms with van der Waals surface area (Å²) in [5.74, 6) is -4.66. The van der Waals surface area contributed by atoms with Crippen LogP contribution in [0.15, 0.2) is 47.8 Å². The van der Waals surface area contributed by atoms with E-state index in [0.717, 1.165) is 39.9 Å². The van der Waals surface area contributed by atoms with E-state index in [2.05, 4.69) is 15.4 Å². The predicted octanol–water partition coefficient (Wildman–Crippen LogP) is 2.40. The third kappa shape index (κ3) is 5.05. The molecule has 5 N–H and O–H groups in total. The summed E-state index contributed by atoms with van der Waals surface area (Å²) in [6, 6.07) is 2.79. The average molecular weight is 573 g/mol. The van der Waals surface area contributed by atoms with Crippen LogP contribution in [0.2, 0.25) is 0 Å². The van der Waals surface area contributed by atoms with Crippen LogP contribution in [0.4, 0.5) is 23.8 Å². The average Bonchev–Trinajstić information content (AvgIpc) is 3.58. The number of carboxylic acid groups (broad SMARTS) is 2. The molecular weight excluding hydrogens is 547 g/mol. The van der Waals surface area contributed by atoms with Crippen LogP contribution in [0.3, 0.4) is 0 Å². The lowest BCUT2D eigenvalue weighted by molar-refractivity contribution is 0.0689. The van der Waals surface area contributed by atoms with Gasteiger partial charge in [-0.1, -0.05) is 0 Å². The number of rotatable bonds is 8. The summed E-state index contributed by atoms with van der Waals surface area (Å²) < 4.78 is 45.1. The fourth-order valence-corrected chi connectivity index (χ4v) is 5.31. The maximum Gasteiger partial charge on any atom is 0.417 e. The maximum atomic E-state index is 15.3. The molecule has 0 bridgehead atoms. The van der Waals surface area contributed by atoms with E-state index >= 15 is 4.39 Å². The fraction of sp³-hybridized carbons (Fsp3) is 0.269. The highest BCUT2D eigenvalue weighted by Crippen LogP contribution is 2.35. The second kappa shape index (κ2) is 10.8. The van der Waals surface area contributed by atoms with E-state index in [9.17, 15) is 33.4 Å². The van der Waals surface area contributed by atoms with Gasteiger partial charge in [-0.15, -0.1) is 0 Å². The van der Waals surface area contributed by atoms with Gasteiger partial charge in [0.2, 0.25) is 5.43 Å². The van der Waals surface area contributed by atoms with E-state index in [0.29, 0.717) is 24.6 Å². The predicted molar refractivity (Wildman–Crippen MR) is 140 cm³/mol. The quantitative estimate of drug-likeness (QED) is 0.232. The summed E-state index contributed by atoms with van der Waals surface area (Å²) in [4.78, 5) is 45.5. The minimum atomic E-state index is -1.63. The van der Waals surface area contributed by atoms with E-state index < -0.39 is 51.9 Å². The molecule has 41 heavy (non-hydrogen) atoms. The van der Waals surface area contributed by atoms with Crippen LogP contribution in [0.25, 0.3) is 16.7 Å². The van der Waals surface area contributed by atoms with Crippen LogP contribution in [-0.4, -0.2) is 67.1 Å². The van der Waals surface area contributed by atoms with Crippen LogP contribution in [-0.2, 0) is 6.42 Å². The van der Waals surface area contributed by atoms with Gasteiger partial charge in [-0.05, 0) is 18.2 Å². The lowest BCUT2D eigenvalue weighted by Crippen LogP contribution is -2.62.